The zero-order chi connectivity index (χ0) is 31.8. The molecular weight excluding hydrogens is 576 g/mol. The molecule has 0 aromatic heterocycles. The van der Waals surface area contributed by atoms with Crippen molar-refractivity contribution in [2.45, 2.75) is 0 Å². The Morgan fingerprint density at radius 1 is 0.489 bits per heavy atom. The van der Waals surface area contributed by atoms with Crippen LogP contribution < -0.4 is 14.2 Å². The van der Waals surface area contributed by atoms with Crippen molar-refractivity contribution in [2.24, 2.45) is 0 Å². The van der Waals surface area contributed by atoms with Gasteiger partial charge in [-0.15, -0.1) is 0 Å². The fraction of sp³-hybridized carbons (Fsp3) is 0.389. The van der Waals surface area contributed by atoms with Crippen LogP contribution in [0, 0.1) is 0 Å². The second kappa shape index (κ2) is 22.8. The molecule has 0 heterocycles. The molecular formula is C36H46O9. The predicted molar refractivity (Wildman–Crippen MR) is 177 cm³/mol. The van der Waals surface area contributed by atoms with E-state index < -0.39 is 0 Å². The normalized spacial score (nSPS) is 11.4. The average Bonchev–Trinajstić information content (AvgIpc) is 3.08. The van der Waals surface area contributed by atoms with E-state index in [1.807, 2.05) is 72.8 Å². The lowest BCUT2D eigenvalue weighted by atomic mass is 10.1. The van der Waals surface area contributed by atoms with Crippen LogP contribution in [0.15, 0.2) is 66.7 Å². The Morgan fingerprint density at radius 3 is 1.36 bits per heavy atom. The first kappa shape index (κ1) is 35.8. The van der Waals surface area contributed by atoms with Crippen molar-refractivity contribution in [3.8, 4) is 17.2 Å². The molecule has 0 aliphatic carbocycles. The minimum Gasteiger partial charge on any atom is -0.496 e. The summed E-state index contributed by atoms with van der Waals surface area (Å²) in [6.07, 6.45) is 8.12. The lowest BCUT2D eigenvalue weighted by molar-refractivity contribution is -0.0146. The molecule has 9 heteroatoms. The molecule has 45 heavy (non-hydrogen) atoms. The predicted octanol–water partition coefficient (Wildman–Crippen LogP) is 5.50. The summed E-state index contributed by atoms with van der Waals surface area (Å²) in [5.74, 6) is 2.31. The topological polar surface area (TPSA) is 94.1 Å². The molecule has 0 fully saturated rings. The Labute approximate surface area is 266 Å². The number of aliphatic hydroxyl groups excluding tert-OH is 1. The standard InChI is InChI=1S/C36H46O9/c1-38-35-29-33(36(39-2)28-32(35)12-8-30-6-4-3-5-7-30)13-9-31-10-14-34(15-11-31)45-27-26-44-25-24-43-23-22-42-21-20-41-19-18-40-17-16-37/h3-15,28-29,37H,16-27H2,1-2H3/b12-8+,13-9+. The van der Waals surface area contributed by atoms with Crippen molar-refractivity contribution >= 4 is 24.3 Å². The third-order valence-corrected chi connectivity index (χ3v) is 6.39. The second-order valence-corrected chi connectivity index (χ2v) is 9.62. The fourth-order valence-corrected chi connectivity index (χ4v) is 4.08. The lowest BCUT2D eigenvalue weighted by Crippen LogP contribution is -2.14. The van der Waals surface area contributed by atoms with Crippen LogP contribution in [-0.4, -0.2) is 98.6 Å². The highest BCUT2D eigenvalue weighted by Crippen LogP contribution is 2.32. The Kier molecular flexibility index (Phi) is 18.1. The fourth-order valence-electron chi connectivity index (χ4n) is 4.08. The molecule has 3 aromatic carbocycles. The minimum absolute atomic E-state index is 0.0236. The summed E-state index contributed by atoms with van der Waals surface area (Å²) < 4.78 is 44.1. The summed E-state index contributed by atoms with van der Waals surface area (Å²) >= 11 is 0. The summed E-state index contributed by atoms with van der Waals surface area (Å²) in [4.78, 5) is 0. The molecule has 0 spiro atoms. The maximum atomic E-state index is 8.61. The van der Waals surface area contributed by atoms with Crippen LogP contribution in [0.25, 0.3) is 24.3 Å². The van der Waals surface area contributed by atoms with Crippen LogP contribution in [0.4, 0.5) is 0 Å². The summed E-state index contributed by atoms with van der Waals surface area (Å²) in [5.41, 5.74) is 4.01. The van der Waals surface area contributed by atoms with Gasteiger partial charge in [0.05, 0.1) is 86.9 Å². The van der Waals surface area contributed by atoms with Crippen LogP contribution in [0.2, 0.25) is 0 Å². The van der Waals surface area contributed by atoms with Crippen molar-refractivity contribution in [3.05, 3.63) is 89.0 Å². The van der Waals surface area contributed by atoms with Gasteiger partial charge in [-0.3, -0.25) is 0 Å². The van der Waals surface area contributed by atoms with E-state index in [0.717, 1.165) is 39.5 Å². The van der Waals surface area contributed by atoms with Crippen LogP contribution in [0.5, 0.6) is 17.2 Å². The minimum atomic E-state index is 0.0236. The van der Waals surface area contributed by atoms with Crippen LogP contribution in [0.3, 0.4) is 0 Å². The van der Waals surface area contributed by atoms with Gasteiger partial charge in [-0.05, 0) is 35.4 Å². The van der Waals surface area contributed by atoms with Gasteiger partial charge in [0.2, 0.25) is 0 Å². The first-order valence-electron chi connectivity index (χ1n) is 15.1. The van der Waals surface area contributed by atoms with Crippen LogP contribution >= 0.6 is 0 Å². The second-order valence-electron chi connectivity index (χ2n) is 9.62. The smallest absolute Gasteiger partial charge is 0.126 e. The zero-order valence-corrected chi connectivity index (χ0v) is 26.4. The molecule has 0 saturated heterocycles. The molecule has 0 radical (unpaired) electrons. The highest BCUT2D eigenvalue weighted by Gasteiger charge is 2.08. The molecule has 3 aromatic rings. The van der Waals surface area contributed by atoms with Gasteiger partial charge in [0.1, 0.15) is 23.9 Å². The number of hydrogen-bond acceptors (Lipinski definition) is 9. The summed E-state index contributed by atoms with van der Waals surface area (Å²) in [6, 6.07) is 22.0. The van der Waals surface area contributed by atoms with E-state index in [1.54, 1.807) is 14.2 Å². The number of aliphatic hydroxyl groups is 1. The highest BCUT2D eigenvalue weighted by molar-refractivity contribution is 5.79. The molecule has 0 unspecified atom stereocenters. The van der Waals surface area contributed by atoms with Crippen molar-refractivity contribution in [1.29, 1.82) is 0 Å². The van der Waals surface area contributed by atoms with E-state index in [4.69, 9.17) is 43.0 Å². The highest BCUT2D eigenvalue weighted by atomic mass is 16.6. The van der Waals surface area contributed by atoms with Gasteiger partial charge in [0.25, 0.3) is 0 Å². The molecule has 244 valence electrons. The van der Waals surface area contributed by atoms with Crippen molar-refractivity contribution in [1.82, 2.24) is 0 Å². The maximum absolute atomic E-state index is 8.61. The third-order valence-electron chi connectivity index (χ3n) is 6.39. The molecule has 0 amide bonds. The number of hydrogen-bond donors (Lipinski definition) is 1. The first-order valence-corrected chi connectivity index (χ1v) is 15.1. The Balaban J connectivity index is 1.30. The van der Waals surface area contributed by atoms with E-state index in [-0.39, 0.29) is 6.61 Å². The molecule has 9 nitrogen and oxygen atoms in total. The first-order chi connectivity index (χ1) is 22.2. The summed E-state index contributed by atoms with van der Waals surface area (Å²) in [5, 5.41) is 8.61. The largest absolute Gasteiger partial charge is 0.496 e. The number of ether oxygens (including phenoxy) is 8. The molecule has 3 rings (SSSR count). The van der Waals surface area contributed by atoms with E-state index in [2.05, 4.69) is 18.2 Å². The summed E-state index contributed by atoms with van der Waals surface area (Å²) in [7, 11) is 3.34. The third kappa shape index (κ3) is 14.8. The Bertz CT molecular complexity index is 1240. The molecule has 0 aliphatic rings. The van der Waals surface area contributed by atoms with Crippen molar-refractivity contribution in [2.75, 3.05) is 93.5 Å². The van der Waals surface area contributed by atoms with Gasteiger partial charge in [-0.2, -0.15) is 0 Å². The lowest BCUT2D eigenvalue weighted by Gasteiger charge is -2.11. The van der Waals surface area contributed by atoms with E-state index in [9.17, 15) is 0 Å². The van der Waals surface area contributed by atoms with Gasteiger partial charge in [-0.1, -0.05) is 66.8 Å². The number of rotatable bonds is 24. The molecule has 0 aliphatic heterocycles. The zero-order valence-electron chi connectivity index (χ0n) is 26.4. The van der Waals surface area contributed by atoms with Crippen LogP contribution in [-0.2, 0) is 23.7 Å². The SMILES string of the molecule is COc1cc(/C=C/c2ccc(OCCOCCOCCOCCOCCOCCO)cc2)c(OC)cc1/C=C/c1ccccc1. The van der Waals surface area contributed by atoms with Gasteiger partial charge in [0.15, 0.2) is 0 Å². The van der Waals surface area contributed by atoms with Gasteiger partial charge in [0, 0.05) is 11.1 Å². The monoisotopic (exact) mass is 622 g/mol. The molecule has 0 saturated carbocycles. The Morgan fingerprint density at radius 2 is 0.911 bits per heavy atom. The Hall–Kier alpha value is -3.70. The quantitative estimate of drug-likeness (QED) is 0.103. The molecule has 0 bridgehead atoms. The van der Waals surface area contributed by atoms with Crippen molar-refractivity contribution in [3.63, 3.8) is 0 Å². The summed E-state index contributed by atoms with van der Waals surface area (Å²) in [6.45, 7) is 5.21. The van der Waals surface area contributed by atoms with Crippen molar-refractivity contribution < 1.29 is 43.0 Å². The van der Waals surface area contributed by atoms with Crippen LogP contribution in [0.1, 0.15) is 22.3 Å². The number of methoxy groups -OCH3 is 2. The van der Waals surface area contributed by atoms with Gasteiger partial charge in [-0.25, -0.2) is 0 Å². The van der Waals surface area contributed by atoms with Gasteiger partial charge < -0.3 is 43.0 Å². The molecule has 1 N–H and O–H groups in total. The number of benzene rings is 3. The van der Waals surface area contributed by atoms with E-state index in [0.29, 0.717) is 72.7 Å². The molecule has 0 atom stereocenters. The van der Waals surface area contributed by atoms with Gasteiger partial charge >= 0.3 is 0 Å². The van der Waals surface area contributed by atoms with E-state index >= 15 is 0 Å². The average molecular weight is 623 g/mol. The maximum Gasteiger partial charge on any atom is 0.126 e. The van der Waals surface area contributed by atoms with E-state index in [1.165, 1.54) is 0 Å².